The molecule has 1 aromatic rings. The first-order chi connectivity index (χ1) is 12.4. The maximum absolute atomic E-state index is 13.0. The molecular weight excluding hydrogens is 352 g/mol. The molecule has 1 fully saturated rings. The topological polar surface area (TPSA) is 135 Å². The third-order valence-electron chi connectivity index (χ3n) is 6.69. The van der Waals surface area contributed by atoms with Gasteiger partial charge in [-0.3, -0.25) is 9.59 Å². The molecule has 0 saturated heterocycles. The maximum atomic E-state index is 13.0. The van der Waals surface area contributed by atoms with Crippen molar-refractivity contribution in [1.29, 1.82) is 0 Å². The van der Waals surface area contributed by atoms with E-state index in [4.69, 9.17) is 0 Å². The number of aromatic hydroxyl groups is 3. The Balaban J connectivity index is 2.40. The summed E-state index contributed by atoms with van der Waals surface area (Å²) in [5.41, 5.74) is -2.39. The number of Topliss-reactive ketones (excluding diaryl/α,β-unsaturated/α-hetero) is 2. The molecule has 0 aliphatic heterocycles. The Morgan fingerprint density at radius 2 is 1.67 bits per heavy atom. The Bertz CT molecular complexity index is 841. The smallest absolute Gasteiger partial charge is 0.233 e. The van der Waals surface area contributed by atoms with Crippen LogP contribution in [0.5, 0.6) is 17.2 Å². The van der Waals surface area contributed by atoms with Crippen molar-refractivity contribution in [2.24, 2.45) is 11.3 Å². The van der Waals surface area contributed by atoms with E-state index in [0.717, 1.165) is 0 Å². The Kier molecular flexibility index (Phi) is 4.32. The number of rotatable bonds is 2. The average Bonchev–Trinajstić information content (AvgIpc) is 2.59. The fourth-order valence-electron chi connectivity index (χ4n) is 5.18. The Morgan fingerprint density at radius 3 is 2.22 bits per heavy atom. The fraction of sp³-hybridized carbons (Fsp3) is 0.600. The minimum atomic E-state index is -1.04. The van der Waals surface area contributed by atoms with Crippen molar-refractivity contribution in [3.8, 4) is 17.2 Å². The molecule has 4 atom stereocenters. The molecule has 27 heavy (non-hydrogen) atoms. The lowest BCUT2D eigenvalue weighted by atomic mass is 9.48. The number of aliphatic hydroxyl groups excluding tert-OH is 2. The second kappa shape index (κ2) is 5.94. The van der Waals surface area contributed by atoms with Crippen molar-refractivity contribution < 1.29 is 35.1 Å². The van der Waals surface area contributed by atoms with Crippen molar-refractivity contribution in [2.75, 3.05) is 6.61 Å². The predicted molar refractivity (Wildman–Crippen MR) is 96.1 cm³/mol. The van der Waals surface area contributed by atoms with Crippen LogP contribution < -0.4 is 0 Å². The van der Waals surface area contributed by atoms with E-state index in [0.29, 0.717) is 12.8 Å². The number of benzene rings is 1. The fourth-order valence-corrected chi connectivity index (χ4v) is 5.18. The number of hydrogen-bond acceptors (Lipinski definition) is 7. The molecule has 2 aliphatic rings. The highest BCUT2D eigenvalue weighted by molar-refractivity contribution is 6.47. The van der Waals surface area contributed by atoms with Crippen LogP contribution in [0.3, 0.4) is 0 Å². The highest BCUT2D eigenvalue weighted by atomic mass is 16.3. The number of hydrogen-bond donors (Lipinski definition) is 5. The Labute approximate surface area is 157 Å². The molecule has 0 amide bonds. The molecular formula is C20H26O7. The number of ketones is 2. The molecule has 3 rings (SSSR count). The molecule has 2 aliphatic carbocycles. The van der Waals surface area contributed by atoms with Gasteiger partial charge >= 0.3 is 0 Å². The van der Waals surface area contributed by atoms with Gasteiger partial charge in [-0.15, -0.1) is 0 Å². The van der Waals surface area contributed by atoms with Crippen LogP contribution in [-0.4, -0.2) is 49.8 Å². The second-order valence-corrected chi connectivity index (χ2v) is 8.71. The number of fused-ring (bicyclic) bond motifs is 3. The van der Waals surface area contributed by atoms with Gasteiger partial charge in [-0.05, 0) is 12.8 Å². The van der Waals surface area contributed by atoms with Crippen LogP contribution in [-0.2, 0) is 10.2 Å². The maximum Gasteiger partial charge on any atom is 0.233 e. The lowest BCUT2D eigenvalue weighted by Crippen LogP contribution is -2.59. The number of carbonyl (C=O) groups excluding carboxylic acids is 2. The zero-order valence-electron chi connectivity index (χ0n) is 15.9. The molecule has 7 heteroatoms. The van der Waals surface area contributed by atoms with Crippen molar-refractivity contribution in [1.82, 2.24) is 0 Å². The molecule has 0 bridgehead atoms. The highest BCUT2D eigenvalue weighted by Crippen LogP contribution is 2.61. The Hall–Kier alpha value is -2.12. The van der Waals surface area contributed by atoms with Gasteiger partial charge in [0.2, 0.25) is 11.6 Å². The first-order valence-corrected chi connectivity index (χ1v) is 9.09. The van der Waals surface area contributed by atoms with Crippen LogP contribution in [0.25, 0.3) is 0 Å². The zero-order chi connectivity index (χ0) is 20.5. The van der Waals surface area contributed by atoms with Gasteiger partial charge in [-0.1, -0.05) is 27.7 Å². The van der Waals surface area contributed by atoms with Crippen molar-refractivity contribution in [3.63, 3.8) is 0 Å². The van der Waals surface area contributed by atoms with Crippen LogP contribution in [0.15, 0.2) is 0 Å². The predicted octanol–water partition coefficient (Wildman–Crippen LogP) is 1.72. The monoisotopic (exact) mass is 378 g/mol. The molecule has 1 aromatic carbocycles. The molecule has 0 aromatic heterocycles. The van der Waals surface area contributed by atoms with Gasteiger partial charge in [0, 0.05) is 40.4 Å². The lowest BCUT2D eigenvalue weighted by Gasteiger charge is -2.54. The van der Waals surface area contributed by atoms with Gasteiger partial charge in [-0.2, -0.15) is 0 Å². The first kappa shape index (κ1) is 19.6. The first-order valence-electron chi connectivity index (χ1n) is 9.09. The summed E-state index contributed by atoms with van der Waals surface area (Å²) >= 11 is 0. The Morgan fingerprint density at radius 1 is 1.07 bits per heavy atom. The highest BCUT2D eigenvalue weighted by Gasteiger charge is 2.61. The second-order valence-electron chi connectivity index (χ2n) is 8.71. The van der Waals surface area contributed by atoms with Gasteiger partial charge in [0.25, 0.3) is 0 Å². The van der Waals surface area contributed by atoms with Gasteiger partial charge in [0.15, 0.2) is 11.5 Å². The van der Waals surface area contributed by atoms with Crippen molar-refractivity contribution in [3.05, 3.63) is 16.7 Å². The normalized spacial score (nSPS) is 30.6. The molecule has 0 radical (unpaired) electrons. The van der Waals surface area contributed by atoms with Crippen molar-refractivity contribution in [2.45, 2.75) is 58.0 Å². The van der Waals surface area contributed by atoms with Crippen LogP contribution in [0, 0.1) is 11.3 Å². The number of aliphatic hydroxyl groups is 2. The minimum absolute atomic E-state index is 0.0426. The average molecular weight is 378 g/mol. The van der Waals surface area contributed by atoms with E-state index >= 15 is 0 Å². The van der Waals surface area contributed by atoms with Crippen LogP contribution in [0.1, 0.15) is 67.9 Å². The molecule has 7 nitrogen and oxygen atoms in total. The summed E-state index contributed by atoms with van der Waals surface area (Å²) in [6, 6.07) is 0. The van der Waals surface area contributed by atoms with E-state index in [-0.39, 0.29) is 16.7 Å². The number of phenolic OH excluding ortho intramolecular Hbond substituents is 3. The van der Waals surface area contributed by atoms with Gasteiger partial charge < -0.3 is 25.5 Å². The third-order valence-corrected chi connectivity index (χ3v) is 6.69. The summed E-state index contributed by atoms with van der Waals surface area (Å²) < 4.78 is 0. The molecule has 0 spiro atoms. The summed E-state index contributed by atoms with van der Waals surface area (Å²) in [5.74, 6) is -5.06. The zero-order valence-corrected chi connectivity index (χ0v) is 15.9. The molecule has 0 heterocycles. The quantitative estimate of drug-likeness (QED) is 0.300. The molecule has 4 unspecified atom stereocenters. The van der Waals surface area contributed by atoms with Crippen LogP contribution in [0.4, 0.5) is 0 Å². The lowest BCUT2D eigenvalue weighted by molar-refractivity contribution is -0.137. The van der Waals surface area contributed by atoms with Gasteiger partial charge in [0.1, 0.15) is 5.75 Å². The van der Waals surface area contributed by atoms with Crippen LogP contribution in [0.2, 0.25) is 0 Å². The van der Waals surface area contributed by atoms with E-state index in [1.807, 2.05) is 0 Å². The minimum Gasteiger partial charge on any atom is -0.507 e. The van der Waals surface area contributed by atoms with E-state index in [9.17, 15) is 35.1 Å². The van der Waals surface area contributed by atoms with E-state index < -0.39 is 64.2 Å². The summed E-state index contributed by atoms with van der Waals surface area (Å²) in [5, 5.41) is 51.8. The number of phenols is 3. The van der Waals surface area contributed by atoms with Gasteiger partial charge in [-0.25, -0.2) is 0 Å². The summed E-state index contributed by atoms with van der Waals surface area (Å²) in [6.45, 7) is 6.20. The SMILES string of the molecule is CC(CO)c1c(O)c(O)c2c(c1O)C(=O)C(=O)C1C2(C)CCC(O)C1(C)C. The molecule has 5 N–H and O–H groups in total. The summed E-state index contributed by atoms with van der Waals surface area (Å²) in [6.07, 6.45) is -0.154. The summed E-state index contributed by atoms with van der Waals surface area (Å²) in [7, 11) is 0. The van der Waals surface area contributed by atoms with Crippen molar-refractivity contribution >= 4 is 11.6 Å². The standard InChI is InChI=1S/C20H26O7/c1-8(7-21)10-13(23)11-12(16(26)14(10)24)20(4)6-5-9(22)19(2,3)18(20)17(27)15(11)25/h8-9,18,21-24,26H,5-7H2,1-4H3. The molecule has 1 saturated carbocycles. The van der Waals surface area contributed by atoms with Gasteiger partial charge in [0.05, 0.1) is 11.7 Å². The van der Waals surface area contributed by atoms with E-state index in [1.54, 1.807) is 20.8 Å². The molecule has 148 valence electrons. The summed E-state index contributed by atoms with van der Waals surface area (Å²) in [4.78, 5) is 25.9. The number of carbonyl (C=O) groups is 2. The van der Waals surface area contributed by atoms with Crippen LogP contribution >= 0.6 is 0 Å². The van der Waals surface area contributed by atoms with E-state index in [2.05, 4.69) is 0 Å². The largest absolute Gasteiger partial charge is 0.507 e. The van der Waals surface area contributed by atoms with E-state index in [1.165, 1.54) is 6.92 Å². The third kappa shape index (κ3) is 2.34.